The maximum Gasteiger partial charge on any atom is 0.410 e. The van der Waals surface area contributed by atoms with E-state index in [2.05, 4.69) is 26.3 Å². The number of anilines is 3. The highest BCUT2D eigenvalue weighted by Gasteiger charge is 2.44. The lowest BCUT2D eigenvalue weighted by molar-refractivity contribution is 0.0625. The topological polar surface area (TPSA) is 94.4 Å². The standard InChI is InChI=1S/C23H27ClN6O2/c1-16(2)32-22(31)29-10-7-23(8-11-29)6-3-9-30(23)21-13-20(26-15-27-21)28-19-5-4-17(14-25)12-18(19)24/h4-5,12-13,15-16H,3,6-11H2,1-2H3,(H,26,27,28). The molecule has 1 spiro atoms. The summed E-state index contributed by atoms with van der Waals surface area (Å²) in [6.07, 6.45) is 5.14. The first-order valence-corrected chi connectivity index (χ1v) is 11.3. The quantitative estimate of drug-likeness (QED) is 0.713. The summed E-state index contributed by atoms with van der Waals surface area (Å²) in [6.45, 7) is 6.02. The van der Waals surface area contributed by atoms with Crippen LogP contribution >= 0.6 is 11.6 Å². The lowest BCUT2D eigenvalue weighted by Crippen LogP contribution is -2.54. The minimum absolute atomic E-state index is 0.00762. The number of rotatable bonds is 4. The van der Waals surface area contributed by atoms with Crippen LogP contribution in [0, 0.1) is 11.3 Å². The summed E-state index contributed by atoms with van der Waals surface area (Å²) < 4.78 is 5.36. The molecule has 1 N–H and O–H groups in total. The fourth-order valence-corrected chi connectivity index (χ4v) is 4.81. The number of halogens is 1. The van der Waals surface area contributed by atoms with Crippen molar-refractivity contribution < 1.29 is 9.53 Å². The zero-order valence-corrected chi connectivity index (χ0v) is 19.1. The van der Waals surface area contributed by atoms with Crippen LogP contribution < -0.4 is 10.2 Å². The normalized spacial score (nSPS) is 17.5. The number of nitriles is 1. The Bertz CT molecular complexity index is 1030. The number of carbonyl (C=O) groups is 1. The van der Waals surface area contributed by atoms with Crippen molar-refractivity contribution >= 4 is 35.0 Å². The van der Waals surface area contributed by atoms with Gasteiger partial charge in [-0.25, -0.2) is 14.8 Å². The number of ether oxygens (including phenoxy) is 1. The Balaban J connectivity index is 1.48. The third kappa shape index (κ3) is 4.58. The van der Waals surface area contributed by atoms with Crippen LogP contribution in [0.2, 0.25) is 5.02 Å². The molecule has 32 heavy (non-hydrogen) atoms. The molecule has 0 saturated carbocycles. The number of nitrogens with zero attached hydrogens (tertiary/aromatic N) is 5. The Hall–Kier alpha value is -3.05. The van der Waals surface area contributed by atoms with Gasteiger partial charge in [0.15, 0.2) is 0 Å². The van der Waals surface area contributed by atoms with E-state index in [-0.39, 0.29) is 17.7 Å². The summed E-state index contributed by atoms with van der Waals surface area (Å²) in [5.74, 6) is 1.50. The van der Waals surface area contributed by atoms with Crippen LogP contribution in [0.4, 0.5) is 22.1 Å². The van der Waals surface area contributed by atoms with E-state index in [1.54, 1.807) is 24.5 Å². The molecule has 9 heteroatoms. The van der Waals surface area contributed by atoms with Gasteiger partial charge in [-0.15, -0.1) is 0 Å². The lowest BCUT2D eigenvalue weighted by Gasteiger charge is -2.45. The van der Waals surface area contributed by atoms with E-state index in [0.29, 0.717) is 35.2 Å². The molecule has 0 radical (unpaired) electrons. The summed E-state index contributed by atoms with van der Waals surface area (Å²) in [4.78, 5) is 25.3. The van der Waals surface area contributed by atoms with E-state index in [0.717, 1.165) is 38.0 Å². The first kappa shape index (κ1) is 22.2. The average Bonchev–Trinajstić information content (AvgIpc) is 3.18. The van der Waals surface area contributed by atoms with E-state index in [1.165, 1.54) is 0 Å². The minimum atomic E-state index is -0.229. The van der Waals surface area contributed by atoms with Gasteiger partial charge in [0.2, 0.25) is 0 Å². The Kier molecular flexibility index (Phi) is 6.38. The number of piperidine rings is 1. The van der Waals surface area contributed by atoms with Crippen molar-refractivity contribution in [2.75, 3.05) is 29.9 Å². The third-order valence-corrected chi connectivity index (χ3v) is 6.49. The number of nitrogens with one attached hydrogen (secondary N) is 1. The Morgan fingerprint density at radius 2 is 2.00 bits per heavy atom. The average molecular weight is 455 g/mol. The highest BCUT2D eigenvalue weighted by atomic mass is 35.5. The molecule has 2 aliphatic heterocycles. The Morgan fingerprint density at radius 3 is 2.69 bits per heavy atom. The molecular weight excluding hydrogens is 428 g/mol. The molecule has 0 bridgehead atoms. The van der Waals surface area contributed by atoms with Gasteiger partial charge in [-0.1, -0.05) is 11.6 Å². The van der Waals surface area contributed by atoms with Gasteiger partial charge in [-0.05, 0) is 57.7 Å². The molecule has 168 valence electrons. The highest BCUT2D eigenvalue weighted by Crippen LogP contribution is 2.41. The SMILES string of the molecule is CC(C)OC(=O)N1CCC2(CCCN2c2cc(Nc3ccc(C#N)cc3Cl)ncn2)CC1. The molecule has 1 aromatic heterocycles. The summed E-state index contributed by atoms with van der Waals surface area (Å²) in [5.41, 5.74) is 1.18. The van der Waals surface area contributed by atoms with Crippen LogP contribution in [-0.4, -0.2) is 52.2 Å². The Labute approximate surface area is 193 Å². The largest absolute Gasteiger partial charge is 0.447 e. The lowest BCUT2D eigenvalue weighted by atomic mass is 9.85. The second-order valence-electron chi connectivity index (χ2n) is 8.59. The second kappa shape index (κ2) is 9.21. The second-order valence-corrected chi connectivity index (χ2v) is 9.00. The number of aromatic nitrogens is 2. The van der Waals surface area contributed by atoms with Crippen molar-refractivity contribution in [1.82, 2.24) is 14.9 Å². The molecule has 0 atom stereocenters. The van der Waals surface area contributed by atoms with Crippen molar-refractivity contribution in [3.05, 3.63) is 41.2 Å². The molecule has 1 amide bonds. The minimum Gasteiger partial charge on any atom is -0.447 e. The molecule has 2 fully saturated rings. The molecule has 2 aromatic rings. The van der Waals surface area contributed by atoms with Gasteiger partial charge in [-0.3, -0.25) is 0 Å². The van der Waals surface area contributed by atoms with E-state index < -0.39 is 0 Å². The van der Waals surface area contributed by atoms with Crippen molar-refractivity contribution in [2.45, 2.75) is 51.2 Å². The van der Waals surface area contributed by atoms with Gasteiger partial charge in [0, 0.05) is 31.2 Å². The molecule has 3 heterocycles. The maximum atomic E-state index is 12.3. The van der Waals surface area contributed by atoms with Crippen molar-refractivity contribution in [3.63, 3.8) is 0 Å². The molecule has 0 unspecified atom stereocenters. The van der Waals surface area contributed by atoms with Gasteiger partial charge >= 0.3 is 6.09 Å². The van der Waals surface area contributed by atoms with Crippen LogP contribution in [0.15, 0.2) is 30.6 Å². The van der Waals surface area contributed by atoms with Crippen LogP contribution in [-0.2, 0) is 4.74 Å². The van der Waals surface area contributed by atoms with Crippen molar-refractivity contribution in [2.24, 2.45) is 0 Å². The number of benzene rings is 1. The highest BCUT2D eigenvalue weighted by molar-refractivity contribution is 6.33. The van der Waals surface area contributed by atoms with E-state index in [4.69, 9.17) is 21.6 Å². The molecule has 0 aliphatic carbocycles. The van der Waals surface area contributed by atoms with Crippen molar-refractivity contribution in [3.8, 4) is 6.07 Å². The fraction of sp³-hybridized carbons (Fsp3) is 0.478. The van der Waals surface area contributed by atoms with Gasteiger partial charge in [0.05, 0.1) is 28.4 Å². The van der Waals surface area contributed by atoms with Gasteiger partial charge in [0.25, 0.3) is 0 Å². The van der Waals surface area contributed by atoms with Gasteiger partial charge in [-0.2, -0.15) is 5.26 Å². The van der Waals surface area contributed by atoms with Crippen LogP contribution in [0.25, 0.3) is 0 Å². The first-order chi connectivity index (χ1) is 15.4. The fourth-order valence-electron chi connectivity index (χ4n) is 4.58. The predicted molar refractivity (Wildman–Crippen MR) is 123 cm³/mol. The van der Waals surface area contributed by atoms with E-state index in [9.17, 15) is 4.79 Å². The summed E-state index contributed by atoms with van der Waals surface area (Å²) in [7, 11) is 0. The zero-order chi connectivity index (χ0) is 22.7. The van der Waals surface area contributed by atoms with Crippen molar-refractivity contribution in [1.29, 1.82) is 5.26 Å². The van der Waals surface area contributed by atoms with E-state index >= 15 is 0 Å². The Morgan fingerprint density at radius 1 is 1.22 bits per heavy atom. The number of amides is 1. The summed E-state index contributed by atoms with van der Waals surface area (Å²) in [5, 5.41) is 12.7. The zero-order valence-electron chi connectivity index (χ0n) is 18.3. The third-order valence-electron chi connectivity index (χ3n) is 6.18. The van der Waals surface area contributed by atoms with Crippen LogP contribution in [0.3, 0.4) is 0 Å². The summed E-state index contributed by atoms with van der Waals surface area (Å²) >= 11 is 6.30. The predicted octanol–water partition coefficient (Wildman–Crippen LogP) is 4.73. The molecule has 1 aromatic carbocycles. The smallest absolute Gasteiger partial charge is 0.410 e. The first-order valence-electron chi connectivity index (χ1n) is 10.9. The van der Waals surface area contributed by atoms with Crippen LogP contribution in [0.5, 0.6) is 0 Å². The number of likely N-dealkylation sites (tertiary alicyclic amines) is 1. The molecule has 2 aliphatic rings. The van der Waals surface area contributed by atoms with Gasteiger partial charge < -0.3 is 19.9 Å². The number of hydrogen-bond donors (Lipinski definition) is 1. The molecule has 2 saturated heterocycles. The van der Waals surface area contributed by atoms with E-state index in [1.807, 2.05) is 24.8 Å². The summed E-state index contributed by atoms with van der Waals surface area (Å²) in [6, 6.07) is 9.12. The molecule has 4 rings (SSSR count). The van der Waals surface area contributed by atoms with Gasteiger partial charge in [0.1, 0.15) is 18.0 Å². The number of carbonyl (C=O) groups excluding carboxylic acids is 1. The maximum absolute atomic E-state index is 12.3. The molecule has 8 nitrogen and oxygen atoms in total. The monoisotopic (exact) mass is 454 g/mol. The molecular formula is C23H27ClN6O2. The number of hydrogen-bond acceptors (Lipinski definition) is 7. The van der Waals surface area contributed by atoms with Crippen LogP contribution in [0.1, 0.15) is 45.1 Å².